The predicted octanol–water partition coefficient (Wildman–Crippen LogP) is 5.34. The van der Waals surface area contributed by atoms with Crippen LogP contribution in [0.5, 0.6) is 0 Å². The number of hydrogen-bond acceptors (Lipinski definition) is 4. The minimum Gasteiger partial charge on any atom is -0.387 e. The molecule has 0 saturated carbocycles. The Balaban J connectivity index is 1.57. The normalized spacial score (nSPS) is 18.6. The van der Waals surface area contributed by atoms with Crippen LogP contribution in [0.25, 0.3) is 12.2 Å². The number of halogens is 1. The number of allylic oxidation sites excluding steroid dienone is 11. The lowest BCUT2D eigenvalue weighted by Crippen LogP contribution is -2.22. The molecule has 1 aliphatic heterocycles. The number of hydrazone groups is 1. The van der Waals surface area contributed by atoms with Crippen molar-refractivity contribution in [3.63, 3.8) is 0 Å². The first-order valence-electron chi connectivity index (χ1n) is 13.4. The summed E-state index contributed by atoms with van der Waals surface area (Å²) in [7, 11) is 3.43. The number of amidine groups is 3. The maximum absolute atomic E-state index is 6.00. The molecule has 1 heterocycles. The number of nitrogens with two attached hydrogens (primary N) is 4. The van der Waals surface area contributed by atoms with Crippen molar-refractivity contribution >= 4 is 53.9 Å². The average molecular weight is 670 g/mol. The summed E-state index contributed by atoms with van der Waals surface area (Å²) in [4.78, 5) is 8.18. The molecule has 0 radical (unpaired) electrons. The Bertz CT molecular complexity index is 1550. The van der Waals surface area contributed by atoms with E-state index in [1.165, 1.54) is 7.09 Å². The molecule has 0 bridgehead atoms. The molecule has 4 rings (SSSR count). The molecule has 8 N–H and O–H groups in total. The third-order valence-electron chi connectivity index (χ3n) is 6.73. The molecular weight excluding hydrogens is 633 g/mol. The Morgan fingerprint density at radius 3 is 1.93 bits per heavy atom. The van der Waals surface area contributed by atoms with Crippen molar-refractivity contribution in [1.82, 2.24) is 0 Å². The molecule has 1 unspecified atom stereocenters. The topological polar surface area (TPSA) is 141 Å². The van der Waals surface area contributed by atoms with Gasteiger partial charge in [0.05, 0.1) is 0 Å². The van der Waals surface area contributed by atoms with Crippen LogP contribution in [0.15, 0.2) is 133 Å². The van der Waals surface area contributed by atoms with Crippen molar-refractivity contribution in [3.8, 4) is 0 Å². The van der Waals surface area contributed by atoms with Crippen LogP contribution in [0.2, 0.25) is 0 Å². The van der Waals surface area contributed by atoms with E-state index in [-0.39, 0.29) is 26.6 Å². The van der Waals surface area contributed by atoms with Gasteiger partial charge in [0, 0.05) is 38.2 Å². The van der Waals surface area contributed by atoms with E-state index >= 15 is 0 Å². The minimum absolute atomic E-state index is 0.167. The van der Waals surface area contributed by atoms with Crippen molar-refractivity contribution in [2.75, 3.05) is 14.1 Å². The van der Waals surface area contributed by atoms with Crippen LogP contribution < -0.4 is 23.0 Å². The standard InChI is InChI=1S/C34H36IN7/c1-40-32(36)27-13-5-23(6-14-27)3-4-26-21-30(19-11-24-7-15-28(16-8-24)33(37)41-2)35-31(22-26)20-12-25-9-17-29(18-10-25)34(38)42-39/h3-13,15-22,27H,14,39H2,1-2H3,(H2,36,40)(H2,37,41)(H2,38,42). The van der Waals surface area contributed by atoms with Gasteiger partial charge >= 0.3 is 0 Å². The van der Waals surface area contributed by atoms with Gasteiger partial charge in [0.2, 0.25) is 0 Å². The van der Waals surface area contributed by atoms with E-state index in [0.29, 0.717) is 17.5 Å². The summed E-state index contributed by atoms with van der Waals surface area (Å²) >= 11 is -0.380. The molecule has 0 amide bonds. The molecule has 214 valence electrons. The Kier molecular flexibility index (Phi) is 10.8. The molecule has 7 nitrogen and oxygen atoms in total. The molecule has 2 aromatic rings. The number of hydrogen-bond donors (Lipinski definition) is 4. The molecule has 0 fully saturated rings. The third-order valence-corrected chi connectivity index (χ3v) is 9.31. The van der Waals surface area contributed by atoms with Gasteiger partial charge in [-0.3, -0.25) is 9.98 Å². The second kappa shape index (κ2) is 14.9. The van der Waals surface area contributed by atoms with Crippen LogP contribution in [-0.4, -0.2) is 35.1 Å². The second-order valence-corrected chi connectivity index (χ2v) is 12.6. The van der Waals surface area contributed by atoms with E-state index in [1.54, 1.807) is 14.1 Å². The van der Waals surface area contributed by atoms with Crippen LogP contribution >= 0.6 is 20.7 Å². The molecule has 2 aromatic carbocycles. The first-order chi connectivity index (χ1) is 20.4. The fourth-order valence-corrected chi connectivity index (χ4v) is 6.69. The number of aliphatic imine (C=N–C) groups is 2. The summed E-state index contributed by atoms with van der Waals surface area (Å²) < 4.78 is 2.63. The van der Waals surface area contributed by atoms with Gasteiger partial charge in [-0.15, -0.1) is 0 Å². The van der Waals surface area contributed by atoms with Crippen molar-refractivity contribution in [1.29, 1.82) is 0 Å². The van der Waals surface area contributed by atoms with Gasteiger partial charge in [0.25, 0.3) is 0 Å². The molecule has 0 aromatic heterocycles. The van der Waals surface area contributed by atoms with Gasteiger partial charge in [-0.1, -0.05) is 112 Å². The van der Waals surface area contributed by atoms with E-state index in [1.807, 2.05) is 36.4 Å². The van der Waals surface area contributed by atoms with Crippen LogP contribution in [0, 0.1) is 5.92 Å². The van der Waals surface area contributed by atoms with E-state index in [2.05, 4.69) is 94.1 Å². The molecule has 1 aliphatic carbocycles. The van der Waals surface area contributed by atoms with Crippen molar-refractivity contribution in [2.45, 2.75) is 6.42 Å². The van der Waals surface area contributed by atoms with Gasteiger partial charge in [-0.05, 0) is 53.0 Å². The zero-order valence-corrected chi connectivity index (χ0v) is 25.9. The molecule has 0 saturated heterocycles. The fourth-order valence-electron chi connectivity index (χ4n) is 4.22. The molecule has 42 heavy (non-hydrogen) atoms. The summed E-state index contributed by atoms with van der Waals surface area (Å²) in [6.07, 6.45) is 24.9. The smallest absolute Gasteiger partial charge is 0.150 e. The maximum Gasteiger partial charge on any atom is 0.150 e. The highest BCUT2D eigenvalue weighted by Gasteiger charge is 2.11. The lowest BCUT2D eigenvalue weighted by molar-refractivity contribution is 0.850. The SMILES string of the molecule is CN=C(N)c1ccc(C=CC2=IC(C=Cc3ccc(C(N)=NN)cc3)=CC(C=CC3=CCC(C(N)=NC)C=C3)=C2)cc1. The lowest BCUT2D eigenvalue weighted by atomic mass is 9.95. The van der Waals surface area contributed by atoms with Crippen molar-refractivity contribution in [3.05, 3.63) is 140 Å². The lowest BCUT2D eigenvalue weighted by Gasteiger charge is -2.14. The molecular formula is C34H36IN7. The van der Waals surface area contributed by atoms with Crippen LogP contribution in [0.3, 0.4) is 0 Å². The fraction of sp³-hybridized carbons (Fsp3) is 0.118. The van der Waals surface area contributed by atoms with E-state index in [0.717, 1.165) is 39.8 Å². The highest BCUT2D eigenvalue weighted by Crippen LogP contribution is 2.28. The Labute approximate surface area is 257 Å². The molecule has 8 heteroatoms. The minimum atomic E-state index is -0.380. The van der Waals surface area contributed by atoms with Gasteiger partial charge in [-0.25, -0.2) is 0 Å². The van der Waals surface area contributed by atoms with Gasteiger partial charge in [0.15, 0.2) is 0 Å². The summed E-state index contributed by atoms with van der Waals surface area (Å²) in [5, 5.41) is 3.57. The Hall–Kier alpha value is -4.57. The molecule has 0 spiro atoms. The second-order valence-electron chi connectivity index (χ2n) is 9.57. The Morgan fingerprint density at radius 1 is 0.738 bits per heavy atom. The predicted molar refractivity (Wildman–Crippen MR) is 190 cm³/mol. The molecule has 2 aliphatic rings. The summed E-state index contributed by atoms with van der Waals surface area (Å²) in [5.41, 5.74) is 24.0. The quantitative estimate of drug-likeness (QED) is 0.0941. The first kappa shape index (κ1) is 30.4. The number of benzene rings is 2. The maximum atomic E-state index is 6.00. The highest BCUT2D eigenvalue weighted by atomic mass is 127. The van der Waals surface area contributed by atoms with E-state index in [9.17, 15) is 0 Å². The van der Waals surface area contributed by atoms with E-state index < -0.39 is 0 Å². The van der Waals surface area contributed by atoms with Crippen LogP contribution in [0.4, 0.5) is 0 Å². The largest absolute Gasteiger partial charge is 0.387 e. The van der Waals surface area contributed by atoms with Crippen molar-refractivity contribution in [2.24, 2.45) is 44.0 Å². The van der Waals surface area contributed by atoms with Crippen molar-refractivity contribution < 1.29 is 0 Å². The van der Waals surface area contributed by atoms with Gasteiger partial charge in [0.1, 0.15) is 17.5 Å². The average Bonchev–Trinajstić information content (AvgIpc) is 3.05. The van der Waals surface area contributed by atoms with Crippen LogP contribution in [0.1, 0.15) is 28.7 Å². The summed E-state index contributed by atoms with van der Waals surface area (Å²) in [6.45, 7) is 0. The number of rotatable bonds is 9. The molecule has 1 atom stereocenters. The highest BCUT2D eigenvalue weighted by molar-refractivity contribution is 14.2. The first-order valence-corrected chi connectivity index (χ1v) is 15.6. The van der Waals surface area contributed by atoms with Crippen LogP contribution in [-0.2, 0) is 0 Å². The monoisotopic (exact) mass is 669 g/mol. The van der Waals surface area contributed by atoms with Gasteiger partial charge in [-0.2, -0.15) is 5.10 Å². The van der Waals surface area contributed by atoms with Gasteiger partial charge < -0.3 is 23.0 Å². The zero-order valence-electron chi connectivity index (χ0n) is 23.8. The van der Waals surface area contributed by atoms with E-state index in [4.69, 9.17) is 23.0 Å². The summed E-state index contributed by atoms with van der Waals surface area (Å²) in [6, 6.07) is 16.0. The third kappa shape index (κ3) is 8.47. The summed E-state index contributed by atoms with van der Waals surface area (Å²) in [5.74, 6) is 6.99. The zero-order chi connectivity index (χ0) is 29.9. The Morgan fingerprint density at radius 2 is 1.36 bits per heavy atom. The number of nitrogens with zero attached hydrogens (tertiary/aromatic N) is 3.